The lowest BCUT2D eigenvalue weighted by Gasteiger charge is -2.54. The molecule has 3 aliphatic heterocycles. The second kappa shape index (κ2) is 13.5. The summed E-state index contributed by atoms with van der Waals surface area (Å²) in [4.78, 5) is 47.7. The van der Waals surface area contributed by atoms with Crippen LogP contribution in [0.2, 0.25) is 0 Å². The number of amides is 3. The number of fused-ring (bicyclic) bond motifs is 7. The summed E-state index contributed by atoms with van der Waals surface area (Å²) in [6.45, 7) is 8.51. The van der Waals surface area contributed by atoms with E-state index in [4.69, 9.17) is 4.74 Å². The molecule has 2 saturated heterocycles. The summed E-state index contributed by atoms with van der Waals surface area (Å²) in [5.41, 5.74) is 4.47. The number of carbonyl (C=O) groups is 3. The summed E-state index contributed by atoms with van der Waals surface area (Å²) < 4.78 is 36.5. The van der Waals surface area contributed by atoms with Gasteiger partial charge < -0.3 is 24.0 Å². The lowest BCUT2D eigenvalue weighted by Crippen LogP contribution is -2.71. The van der Waals surface area contributed by atoms with Crippen molar-refractivity contribution in [1.82, 2.24) is 28.3 Å². The molecule has 7 rings (SSSR count). The maximum atomic E-state index is 15.5. The molecule has 0 spiro atoms. The Labute approximate surface area is 307 Å². The Bertz CT molecular complexity index is 2020. The molecule has 280 valence electrons. The second-order valence-electron chi connectivity index (χ2n) is 15.9. The number of hydrogen-bond donors (Lipinski definition) is 1. The van der Waals surface area contributed by atoms with Crippen molar-refractivity contribution in [1.29, 1.82) is 0 Å². The molecule has 1 aromatic heterocycles. The van der Waals surface area contributed by atoms with Gasteiger partial charge in [-0.05, 0) is 80.1 Å². The van der Waals surface area contributed by atoms with Gasteiger partial charge in [-0.25, -0.2) is 4.72 Å². The van der Waals surface area contributed by atoms with Crippen LogP contribution in [-0.2, 0) is 26.3 Å². The number of ether oxygens (including phenoxy) is 1. The fourth-order valence-corrected chi connectivity index (χ4v) is 9.91. The van der Waals surface area contributed by atoms with Gasteiger partial charge >= 0.3 is 10.2 Å². The smallest absolute Gasteiger partial charge is 0.303 e. The van der Waals surface area contributed by atoms with Crippen LogP contribution in [-0.4, -0.2) is 116 Å². The molecule has 2 unspecified atom stereocenters. The van der Waals surface area contributed by atoms with Crippen molar-refractivity contribution in [2.24, 2.45) is 5.41 Å². The van der Waals surface area contributed by atoms with E-state index in [-0.39, 0.29) is 35.4 Å². The SMILES string of the molecule is COc1ccc2c(c1)[C@H](C)[C@@](C)(C(=O)N1C3CN(C)CC1CN(C(C)=O)C3)Cn1c-2c(C2CCCCC2)c2ccc(C(=O)NS(=O)(=O)N(C)C)cc21. The first-order valence-electron chi connectivity index (χ1n) is 18.5. The number of rotatable bonds is 6. The van der Waals surface area contributed by atoms with Gasteiger partial charge in [0.2, 0.25) is 11.8 Å². The predicted molar refractivity (Wildman–Crippen MR) is 201 cm³/mol. The van der Waals surface area contributed by atoms with Gasteiger partial charge in [-0.15, -0.1) is 0 Å². The molecule has 2 aromatic carbocycles. The number of likely N-dealkylation sites (N-methyl/N-ethyl adjacent to an activating group) is 1. The summed E-state index contributed by atoms with van der Waals surface area (Å²) in [7, 11) is 2.47. The first-order chi connectivity index (χ1) is 24.6. The molecular formula is C39H52N6O6S. The molecule has 0 radical (unpaired) electrons. The molecule has 13 heteroatoms. The Morgan fingerprint density at radius 1 is 0.962 bits per heavy atom. The molecule has 4 aliphatic rings. The first-order valence-corrected chi connectivity index (χ1v) is 19.9. The van der Waals surface area contributed by atoms with Crippen molar-refractivity contribution in [3.05, 3.63) is 53.1 Å². The molecule has 3 amide bonds. The first kappa shape index (κ1) is 36.4. The maximum absolute atomic E-state index is 15.5. The minimum absolute atomic E-state index is 0.0265. The van der Waals surface area contributed by atoms with Gasteiger partial charge in [0.1, 0.15) is 5.75 Å². The molecule has 3 aromatic rings. The van der Waals surface area contributed by atoms with Crippen molar-refractivity contribution in [2.45, 2.75) is 83.3 Å². The van der Waals surface area contributed by atoms with Crippen LogP contribution in [0.4, 0.5) is 0 Å². The topological polar surface area (TPSA) is 124 Å². The minimum Gasteiger partial charge on any atom is -0.497 e. The van der Waals surface area contributed by atoms with Crippen LogP contribution in [0.3, 0.4) is 0 Å². The third kappa shape index (κ3) is 6.08. The number of nitrogens with one attached hydrogen (secondary N) is 1. The van der Waals surface area contributed by atoms with Crippen molar-refractivity contribution in [3.8, 4) is 17.0 Å². The van der Waals surface area contributed by atoms with Crippen molar-refractivity contribution in [2.75, 3.05) is 54.4 Å². The summed E-state index contributed by atoms with van der Waals surface area (Å²) >= 11 is 0. The van der Waals surface area contributed by atoms with E-state index in [0.29, 0.717) is 38.6 Å². The van der Waals surface area contributed by atoms with Crippen molar-refractivity contribution >= 4 is 38.8 Å². The van der Waals surface area contributed by atoms with Gasteiger partial charge in [0.25, 0.3) is 5.91 Å². The van der Waals surface area contributed by atoms with Crippen LogP contribution in [0.25, 0.3) is 22.2 Å². The second-order valence-corrected chi connectivity index (χ2v) is 17.8. The van der Waals surface area contributed by atoms with Crippen LogP contribution in [0.1, 0.15) is 86.2 Å². The Balaban J connectivity index is 1.44. The highest BCUT2D eigenvalue weighted by Crippen LogP contribution is 2.53. The number of hydrogen-bond acceptors (Lipinski definition) is 7. The van der Waals surface area contributed by atoms with Crippen molar-refractivity contribution in [3.63, 3.8) is 0 Å². The van der Waals surface area contributed by atoms with Gasteiger partial charge in [0, 0.05) is 75.8 Å². The number of methoxy groups -OCH3 is 1. The van der Waals surface area contributed by atoms with Crippen LogP contribution in [0.15, 0.2) is 36.4 Å². The van der Waals surface area contributed by atoms with Gasteiger partial charge in [-0.2, -0.15) is 12.7 Å². The monoisotopic (exact) mass is 732 g/mol. The Morgan fingerprint density at radius 2 is 1.63 bits per heavy atom. The number of carbonyl (C=O) groups excluding carboxylic acids is 3. The lowest BCUT2D eigenvalue weighted by atomic mass is 9.71. The number of benzene rings is 2. The van der Waals surface area contributed by atoms with Crippen LogP contribution in [0.5, 0.6) is 5.75 Å². The quantitative estimate of drug-likeness (QED) is 0.399. The molecule has 52 heavy (non-hydrogen) atoms. The third-order valence-electron chi connectivity index (χ3n) is 12.4. The molecule has 1 N–H and O–H groups in total. The standard InChI is InChI=1S/C39H52N6O6S/c1-24-33-18-30(51-7)14-16-31(33)36-35(26-11-9-8-10-12-26)32-15-13-27(37(47)40-52(49,50)41(4)5)17-34(32)44(36)23-39(24,3)38(48)45-28-19-42(6)20-29(45)22-43(21-28)25(2)46/h13-18,24,26,28-29H,8-12,19-23H2,1-7H3,(H,40,47)/t24-,28?,29?,39-/m0/s1. The fraction of sp³-hybridized carbons (Fsp3) is 0.564. The summed E-state index contributed by atoms with van der Waals surface area (Å²) in [5, 5.41) is 1.02. The van der Waals surface area contributed by atoms with E-state index in [1.54, 1.807) is 26.2 Å². The summed E-state index contributed by atoms with van der Waals surface area (Å²) in [6.07, 6.45) is 5.55. The van der Waals surface area contributed by atoms with Crippen LogP contribution < -0.4 is 9.46 Å². The molecule has 3 fully saturated rings. The Hall–Kier alpha value is -3.94. The zero-order chi connectivity index (χ0) is 37.3. The maximum Gasteiger partial charge on any atom is 0.303 e. The van der Waals surface area contributed by atoms with E-state index in [2.05, 4.69) is 52.1 Å². The zero-order valence-corrected chi connectivity index (χ0v) is 32.3. The molecule has 2 bridgehead atoms. The molecule has 4 atom stereocenters. The molecular weight excluding hydrogens is 681 g/mol. The van der Waals surface area contributed by atoms with E-state index in [1.807, 2.05) is 17.0 Å². The van der Waals surface area contributed by atoms with Crippen LogP contribution in [0, 0.1) is 5.41 Å². The number of piperazine rings is 2. The molecule has 4 heterocycles. The van der Waals surface area contributed by atoms with E-state index in [9.17, 15) is 18.0 Å². The largest absolute Gasteiger partial charge is 0.497 e. The van der Waals surface area contributed by atoms with Crippen molar-refractivity contribution < 1.29 is 27.5 Å². The molecule has 1 aliphatic carbocycles. The van der Waals surface area contributed by atoms with Gasteiger partial charge in [-0.3, -0.25) is 14.4 Å². The highest BCUT2D eigenvalue weighted by Gasteiger charge is 2.52. The molecule has 1 saturated carbocycles. The van der Waals surface area contributed by atoms with Crippen LogP contribution >= 0.6 is 0 Å². The number of aromatic nitrogens is 1. The average molecular weight is 733 g/mol. The normalized spacial score (nSPS) is 25.4. The average Bonchev–Trinajstić information content (AvgIpc) is 3.37. The third-order valence-corrected chi connectivity index (χ3v) is 13.8. The predicted octanol–water partition coefficient (Wildman–Crippen LogP) is 4.40. The lowest BCUT2D eigenvalue weighted by molar-refractivity contribution is -0.161. The molecule has 12 nitrogen and oxygen atoms in total. The fourth-order valence-electron chi connectivity index (χ4n) is 9.37. The van der Waals surface area contributed by atoms with E-state index in [1.165, 1.54) is 26.1 Å². The Kier molecular flexibility index (Phi) is 9.44. The Morgan fingerprint density at radius 3 is 2.25 bits per heavy atom. The summed E-state index contributed by atoms with van der Waals surface area (Å²) in [6, 6.07) is 11.4. The van der Waals surface area contributed by atoms with Gasteiger partial charge in [0.05, 0.1) is 30.3 Å². The van der Waals surface area contributed by atoms with Gasteiger partial charge in [0.15, 0.2) is 0 Å². The minimum atomic E-state index is -4.01. The zero-order valence-electron chi connectivity index (χ0n) is 31.4. The number of nitrogens with zero attached hydrogens (tertiary/aromatic N) is 5. The van der Waals surface area contributed by atoms with E-state index >= 15 is 4.79 Å². The van der Waals surface area contributed by atoms with E-state index < -0.39 is 21.5 Å². The van der Waals surface area contributed by atoms with Gasteiger partial charge in [-0.1, -0.05) is 32.3 Å². The van der Waals surface area contributed by atoms with E-state index in [0.717, 1.165) is 63.5 Å². The highest BCUT2D eigenvalue weighted by molar-refractivity contribution is 7.87. The summed E-state index contributed by atoms with van der Waals surface area (Å²) in [5.74, 6) is 0.162. The highest BCUT2D eigenvalue weighted by atomic mass is 32.2.